The maximum Gasteiger partial charge on any atom is 0.308 e. The second kappa shape index (κ2) is 6.35. The Kier molecular flexibility index (Phi) is 4.10. The summed E-state index contributed by atoms with van der Waals surface area (Å²) in [5.74, 6) is 1.83. The van der Waals surface area contributed by atoms with Crippen molar-refractivity contribution in [3.8, 4) is 23.1 Å². The summed E-state index contributed by atoms with van der Waals surface area (Å²) < 4.78 is 16.3. The number of nitrogens with zero attached hydrogens (tertiary/aromatic N) is 1. The predicted molar refractivity (Wildman–Crippen MR) is 84.3 cm³/mol. The largest absolute Gasteiger partial charge is 0.497 e. The first-order valence-electron chi connectivity index (χ1n) is 7.02. The van der Waals surface area contributed by atoms with E-state index in [-0.39, 0.29) is 0 Å². The lowest BCUT2D eigenvalue weighted by atomic mass is 10.1. The minimum absolute atomic E-state index is 0.446. The van der Waals surface area contributed by atoms with Crippen molar-refractivity contribution in [1.29, 1.82) is 0 Å². The fraction of sp³-hybridized carbons (Fsp3) is 0.167. The lowest BCUT2D eigenvalue weighted by molar-refractivity contribution is 0.305. The quantitative estimate of drug-likeness (QED) is 0.715. The molecule has 0 atom stereocenters. The Morgan fingerprint density at radius 1 is 0.955 bits per heavy atom. The van der Waals surface area contributed by atoms with Gasteiger partial charge in [0.15, 0.2) is 0 Å². The van der Waals surface area contributed by atoms with E-state index in [1.807, 2.05) is 54.6 Å². The molecule has 0 aliphatic rings. The summed E-state index contributed by atoms with van der Waals surface area (Å²) in [4.78, 5) is 4.57. The molecule has 0 aliphatic carbocycles. The molecule has 0 radical (unpaired) electrons. The summed E-state index contributed by atoms with van der Waals surface area (Å²) in [6.07, 6.45) is 0.622. The van der Waals surface area contributed by atoms with Crippen molar-refractivity contribution in [2.45, 2.75) is 6.42 Å². The molecule has 3 rings (SSSR count). The number of rotatable bonds is 5. The second-order valence-corrected chi connectivity index (χ2v) is 4.85. The van der Waals surface area contributed by atoms with E-state index < -0.39 is 0 Å². The van der Waals surface area contributed by atoms with Gasteiger partial charge in [-0.1, -0.05) is 30.3 Å². The Labute approximate surface area is 129 Å². The zero-order chi connectivity index (χ0) is 15.4. The summed E-state index contributed by atoms with van der Waals surface area (Å²) in [7, 11) is 3.24. The van der Waals surface area contributed by atoms with Crippen molar-refractivity contribution >= 4 is 0 Å². The van der Waals surface area contributed by atoms with Gasteiger partial charge in [0.1, 0.15) is 11.4 Å². The molecular formula is C18H17NO3. The number of ether oxygens (including phenoxy) is 2. The van der Waals surface area contributed by atoms with Crippen LogP contribution in [-0.2, 0) is 6.42 Å². The number of hydrogen-bond donors (Lipinski definition) is 0. The van der Waals surface area contributed by atoms with Crippen LogP contribution in [0.1, 0.15) is 11.3 Å². The van der Waals surface area contributed by atoms with Crippen LogP contribution in [0.5, 0.6) is 11.7 Å². The standard InChI is InChI=1S/C18H17NO3/c1-20-15-10-6-7-13(11-15)12-16-18(21-2)22-17(19-16)14-8-4-3-5-9-14/h3-11H,12H2,1-2H3. The molecule has 1 aromatic heterocycles. The first-order valence-corrected chi connectivity index (χ1v) is 7.02. The van der Waals surface area contributed by atoms with Gasteiger partial charge in [-0.2, -0.15) is 0 Å². The minimum Gasteiger partial charge on any atom is -0.497 e. The monoisotopic (exact) mass is 295 g/mol. The fourth-order valence-electron chi connectivity index (χ4n) is 2.29. The van der Waals surface area contributed by atoms with Crippen molar-refractivity contribution < 1.29 is 13.9 Å². The molecule has 112 valence electrons. The molecule has 0 unspecified atom stereocenters. The summed E-state index contributed by atoms with van der Waals surface area (Å²) in [5.41, 5.74) is 2.79. The second-order valence-electron chi connectivity index (χ2n) is 4.85. The first-order chi connectivity index (χ1) is 10.8. The van der Waals surface area contributed by atoms with Crippen molar-refractivity contribution in [2.24, 2.45) is 0 Å². The Morgan fingerprint density at radius 3 is 2.50 bits per heavy atom. The van der Waals surface area contributed by atoms with E-state index in [2.05, 4.69) is 4.98 Å². The van der Waals surface area contributed by atoms with Gasteiger partial charge >= 0.3 is 5.95 Å². The fourth-order valence-corrected chi connectivity index (χ4v) is 2.29. The van der Waals surface area contributed by atoms with Crippen LogP contribution in [0.4, 0.5) is 0 Å². The van der Waals surface area contributed by atoms with E-state index in [1.54, 1.807) is 14.2 Å². The third-order valence-electron chi connectivity index (χ3n) is 3.37. The molecule has 0 saturated carbocycles. The molecule has 1 heterocycles. The molecule has 0 saturated heterocycles. The molecule has 0 fully saturated rings. The van der Waals surface area contributed by atoms with Crippen molar-refractivity contribution in [2.75, 3.05) is 14.2 Å². The highest BCUT2D eigenvalue weighted by Gasteiger charge is 2.15. The maximum absolute atomic E-state index is 5.71. The smallest absolute Gasteiger partial charge is 0.308 e. The SMILES string of the molecule is COc1cccc(Cc2nc(-c3ccccc3)oc2OC)c1. The van der Waals surface area contributed by atoms with Crippen LogP contribution < -0.4 is 9.47 Å². The number of oxazole rings is 1. The maximum atomic E-state index is 5.71. The van der Waals surface area contributed by atoms with Crippen LogP contribution in [0.15, 0.2) is 59.0 Å². The molecule has 3 aromatic rings. The van der Waals surface area contributed by atoms with E-state index in [1.165, 1.54) is 0 Å². The molecule has 0 aliphatic heterocycles. The minimum atomic E-state index is 0.446. The van der Waals surface area contributed by atoms with Crippen LogP contribution in [0, 0.1) is 0 Å². The average Bonchev–Trinajstić information content (AvgIpc) is 2.99. The molecule has 4 heteroatoms. The zero-order valence-electron chi connectivity index (χ0n) is 12.6. The normalized spacial score (nSPS) is 10.5. The van der Waals surface area contributed by atoms with E-state index in [0.717, 1.165) is 22.6 Å². The molecule has 22 heavy (non-hydrogen) atoms. The summed E-state index contributed by atoms with van der Waals surface area (Å²) in [6, 6.07) is 17.7. The molecule has 0 amide bonds. The van der Waals surface area contributed by atoms with E-state index >= 15 is 0 Å². The Hall–Kier alpha value is -2.75. The summed E-state index contributed by atoms with van der Waals surface area (Å²) >= 11 is 0. The molecule has 0 N–H and O–H groups in total. The van der Waals surface area contributed by atoms with Gasteiger partial charge in [0.2, 0.25) is 5.89 Å². The predicted octanol–water partition coefficient (Wildman–Crippen LogP) is 3.95. The summed E-state index contributed by atoms with van der Waals surface area (Å²) in [6.45, 7) is 0. The van der Waals surface area contributed by atoms with Gasteiger partial charge in [-0.25, -0.2) is 4.98 Å². The van der Waals surface area contributed by atoms with E-state index in [0.29, 0.717) is 18.3 Å². The highest BCUT2D eigenvalue weighted by molar-refractivity contribution is 5.54. The lowest BCUT2D eigenvalue weighted by Gasteiger charge is -2.03. The Balaban J connectivity index is 1.91. The van der Waals surface area contributed by atoms with E-state index in [4.69, 9.17) is 13.9 Å². The topological polar surface area (TPSA) is 44.5 Å². The van der Waals surface area contributed by atoms with Crippen molar-refractivity contribution in [3.63, 3.8) is 0 Å². The first kappa shape index (κ1) is 14.2. The average molecular weight is 295 g/mol. The molecule has 2 aromatic carbocycles. The van der Waals surface area contributed by atoms with Crippen molar-refractivity contribution in [1.82, 2.24) is 4.98 Å². The van der Waals surface area contributed by atoms with Gasteiger partial charge < -0.3 is 13.9 Å². The van der Waals surface area contributed by atoms with Gasteiger partial charge in [-0.15, -0.1) is 0 Å². The van der Waals surface area contributed by atoms with Gasteiger partial charge in [0.05, 0.1) is 14.2 Å². The van der Waals surface area contributed by atoms with Crippen LogP contribution in [0.2, 0.25) is 0 Å². The number of benzene rings is 2. The zero-order valence-corrected chi connectivity index (χ0v) is 12.6. The van der Waals surface area contributed by atoms with Gasteiger partial charge in [-0.3, -0.25) is 0 Å². The molecule has 0 bridgehead atoms. The third-order valence-corrected chi connectivity index (χ3v) is 3.37. The molecule has 4 nitrogen and oxygen atoms in total. The number of aromatic nitrogens is 1. The van der Waals surface area contributed by atoms with Gasteiger partial charge in [0, 0.05) is 12.0 Å². The van der Waals surface area contributed by atoms with Crippen LogP contribution >= 0.6 is 0 Å². The highest BCUT2D eigenvalue weighted by atomic mass is 16.6. The van der Waals surface area contributed by atoms with E-state index in [9.17, 15) is 0 Å². The van der Waals surface area contributed by atoms with Crippen molar-refractivity contribution in [3.05, 3.63) is 65.9 Å². The Bertz CT molecular complexity index is 750. The van der Waals surface area contributed by atoms with Gasteiger partial charge in [-0.05, 0) is 29.8 Å². The third kappa shape index (κ3) is 2.96. The highest BCUT2D eigenvalue weighted by Crippen LogP contribution is 2.29. The van der Waals surface area contributed by atoms with Gasteiger partial charge in [0.25, 0.3) is 0 Å². The summed E-state index contributed by atoms with van der Waals surface area (Å²) in [5, 5.41) is 0. The number of hydrogen-bond acceptors (Lipinski definition) is 4. The molecule has 0 spiro atoms. The molecular weight excluding hydrogens is 278 g/mol. The van der Waals surface area contributed by atoms with Crippen LogP contribution in [0.3, 0.4) is 0 Å². The van der Waals surface area contributed by atoms with Crippen LogP contribution in [-0.4, -0.2) is 19.2 Å². The lowest BCUT2D eigenvalue weighted by Crippen LogP contribution is -1.93. The Morgan fingerprint density at radius 2 is 1.77 bits per heavy atom. The van der Waals surface area contributed by atoms with Crippen LogP contribution in [0.25, 0.3) is 11.5 Å². The number of methoxy groups -OCH3 is 2.